The summed E-state index contributed by atoms with van der Waals surface area (Å²) in [7, 11) is -2.38. The predicted octanol–water partition coefficient (Wildman–Crippen LogP) is 4.44. The van der Waals surface area contributed by atoms with E-state index in [0.717, 1.165) is 13.1 Å². The van der Waals surface area contributed by atoms with E-state index in [1.165, 1.54) is 34.7 Å². The Hall–Kier alpha value is -3.03. The minimum Gasteiger partial charge on any atom is -0.368 e. The second kappa shape index (κ2) is 9.45. The van der Waals surface area contributed by atoms with Crippen molar-refractivity contribution in [1.82, 2.24) is 4.90 Å². The number of nitrogens with zero attached hydrogens (tertiary/aromatic N) is 3. The summed E-state index contributed by atoms with van der Waals surface area (Å²) in [6.07, 6.45) is 0. The number of halogens is 1. The summed E-state index contributed by atoms with van der Waals surface area (Å²) < 4.78 is 27.5. The second-order valence-corrected chi connectivity index (χ2v) is 10.5. The van der Waals surface area contributed by atoms with Gasteiger partial charge in [0.15, 0.2) is 0 Å². The monoisotopic (exact) mass is 483 g/mol. The van der Waals surface area contributed by atoms with Gasteiger partial charge in [-0.25, -0.2) is 8.42 Å². The lowest BCUT2D eigenvalue weighted by Gasteiger charge is -2.37. The van der Waals surface area contributed by atoms with Crippen molar-refractivity contribution in [2.75, 3.05) is 42.4 Å². The Kier molecular flexibility index (Phi) is 6.63. The zero-order valence-corrected chi connectivity index (χ0v) is 20.2. The van der Waals surface area contributed by atoms with Crippen molar-refractivity contribution in [2.45, 2.75) is 11.8 Å². The fourth-order valence-electron chi connectivity index (χ4n) is 4.01. The number of benzene rings is 3. The molecular formula is C25H26ClN3O3S. The highest BCUT2D eigenvalue weighted by molar-refractivity contribution is 7.92. The molecule has 0 spiro atoms. The van der Waals surface area contributed by atoms with Gasteiger partial charge in [-0.3, -0.25) is 9.10 Å². The van der Waals surface area contributed by atoms with Crippen molar-refractivity contribution in [1.29, 1.82) is 0 Å². The Bertz CT molecular complexity index is 1270. The largest absolute Gasteiger partial charge is 0.368 e. The maximum Gasteiger partial charge on any atom is 0.264 e. The lowest BCUT2D eigenvalue weighted by Crippen LogP contribution is -2.49. The number of hydrogen-bond acceptors (Lipinski definition) is 4. The van der Waals surface area contributed by atoms with Crippen LogP contribution in [0.2, 0.25) is 5.02 Å². The number of aryl methyl sites for hydroxylation is 1. The van der Waals surface area contributed by atoms with Crippen molar-refractivity contribution < 1.29 is 13.2 Å². The van der Waals surface area contributed by atoms with Gasteiger partial charge >= 0.3 is 0 Å². The fraction of sp³-hybridized carbons (Fsp3) is 0.240. The second-order valence-electron chi connectivity index (χ2n) is 8.05. The summed E-state index contributed by atoms with van der Waals surface area (Å²) in [4.78, 5) is 17.3. The molecule has 0 aliphatic carbocycles. The molecule has 1 amide bonds. The number of para-hydroxylation sites is 1. The highest BCUT2D eigenvalue weighted by atomic mass is 35.5. The molecule has 0 N–H and O–H groups in total. The van der Waals surface area contributed by atoms with Crippen LogP contribution < -0.4 is 9.21 Å². The maximum absolute atomic E-state index is 13.2. The molecule has 3 aromatic carbocycles. The summed E-state index contributed by atoms with van der Waals surface area (Å²) in [6, 6.07) is 21.1. The van der Waals surface area contributed by atoms with E-state index in [9.17, 15) is 13.2 Å². The zero-order chi connectivity index (χ0) is 23.6. The normalized spacial score (nSPS) is 14.3. The molecule has 6 nitrogen and oxygen atoms in total. The van der Waals surface area contributed by atoms with Gasteiger partial charge in [-0.05, 0) is 55.0 Å². The van der Waals surface area contributed by atoms with Crippen LogP contribution in [0.3, 0.4) is 0 Å². The minimum atomic E-state index is -3.85. The smallest absolute Gasteiger partial charge is 0.264 e. The van der Waals surface area contributed by atoms with Gasteiger partial charge in [0.2, 0.25) is 0 Å². The number of hydrogen-bond donors (Lipinski definition) is 0. The van der Waals surface area contributed by atoms with Crippen LogP contribution in [-0.2, 0) is 10.0 Å². The Morgan fingerprint density at radius 2 is 1.61 bits per heavy atom. The third-order valence-electron chi connectivity index (χ3n) is 5.93. The van der Waals surface area contributed by atoms with E-state index in [0.29, 0.717) is 29.4 Å². The minimum absolute atomic E-state index is 0.0642. The number of anilines is 2. The van der Waals surface area contributed by atoms with Gasteiger partial charge in [0.25, 0.3) is 15.9 Å². The Labute approximate surface area is 200 Å². The molecule has 0 atom stereocenters. The summed E-state index contributed by atoms with van der Waals surface area (Å²) in [5.41, 5.74) is 3.20. The van der Waals surface area contributed by atoms with E-state index in [4.69, 9.17) is 11.6 Å². The molecule has 8 heteroatoms. The number of carbonyl (C=O) groups excluding carboxylic acids is 1. The van der Waals surface area contributed by atoms with E-state index in [1.807, 2.05) is 12.1 Å². The molecule has 33 heavy (non-hydrogen) atoms. The number of sulfonamides is 1. The van der Waals surface area contributed by atoms with Crippen LogP contribution in [0.5, 0.6) is 0 Å². The average Bonchev–Trinajstić information content (AvgIpc) is 2.83. The van der Waals surface area contributed by atoms with Crippen molar-refractivity contribution in [3.63, 3.8) is 0 Å². The van der Waals surface area contributed by atoms with Crippen LogP contribution in [0.15, 0.2) is 77.7 Å². The Morgan fingerprint density at radius 1 is 0.909 bits per heavy atom. The van der Waals surface area contributed by atoms with Gasteiger partial charge in [0, 0.05) is 49.5 Å². The molecule has 0 aromatic heterocycles. The van der Waals surface area contributed by atoms with Gasteiger partial charge in [-0.15, -0.1) is 0 Å². The van der Waals surface area contributed by atoms with Gasteiger partial charge in [-0.2, -0.15) is 0 Å². The topological polar surface area (TPSA) is 60.9 Å². The molecular weight excluding hydrogens is 458 g/mol. The lowest BCUT2D eigenvalue weighted by molar-refractivity contribution is 0.0746. The van der Waals surface area contributed by atoms with Crippen LogP contribution in [0.4, 0.5) is 11.4 Å². The molecule has 0 saturated carbocycles. The quantitative estimate of drug-likeness (QED) is 0.538. The summed E-state index contributed by atoms with van der Waals surface area (Å²) >= 11 is 6.02. The standard InChI is InChI=1S/C25H26ClN3O3S/c1-19-7-3-4-12-24(19)28-13-15-29(16-14-28)25(30)20-8-5-11-23(17-20)33(31,32)27(2)22-10-6-9-21(26)18-22/h3-12,17-18H,13-16H2,1-2H3. The molecule has 0 radical (unpaired) electrons. The SMILES string of the molecule is Cc1ccccc1N1CCN(C(=O)c2cccc(S(=O)(=O)N(C)c3cccc(Cl)c3)c2)CC1. The van der Waals surface area contributed by atoms with Crippen LogP contribution in [0.1, 0.15) is 15.9 Å². The van der Waals surface area contributed by atoms with E-state index in [1.54, 1.807) is 41.3 Å². The van der Waals surface area contributed by atoms with Gasteiger partial charge < -0.3 is 9.80 Å². The summed E-state index contributed by atoms with van der Waals surface area (Å²) in [5, 5.41) is 0.448. The molecule has 1 aliphatic heterocycles. The Morgan fingerprint density at radius 3 is 2.30 bits per heavy atom. The van der Waals surface area contributed by atoms with E-state index in [-0.39, 0.29) is 10.8 Å². The molecule has 0 bridgehead atoms. The van der Waals surface area contributed by atoms with Crippen molar-refractivity contribution in [3.05, 3.63) is 88.9 Å². The first kappa shape index (κ1) is 23.1. The molecule has 1 aliphatic rings. The van der Waals surface area contributed by atoms with Crippen LogP contribution in [-0.4, -0.2) is 52.5 Å². The van der Waals surface area contributed by atoms with E-state index >= 15 is 0 Å². The number of piperazine rings is 1. The molecule has 1 saturated heterocycles. The van der Waals surface area contributed by atoms with Crippen molar-refractivity contribution >= 4 is 38.9 Å². The molecule has 0 unspecified atom stereocenters. The fourth-order valence-corrected chi connectivity index (χ4v) is 5.43. The zero-order valence-electron chi connectivity index (χ0n) is 18.6. The number of amides is 1. The van der Waals surface area contributed by atoms with Crippen LogP contribution in [0.25, 0.3) is 0 Å². The molecule has 172 valence electrons. The van der Waals surface area contributed by atoms with Gasteiger partial charge in [0.05, 0.1) is 10.6 Å². The summed E-state index contributed by atoms with van der Waals surface area (Å²) in [6.45, 7) is 4.69. The maximum atomic E-state index is 13.2. The molecule has 3 aromatic rings. The van der Waals surface area contributed by atoms with Crippen LogP contribution in [0, 0.1) is 6.92 Å². The highest BCUT2D eigenvalue weighted by Gasteiger charge is 2.26. The van der Waals surface area contributed by atoms with Gasteiger partial charge in [0.1, 0.15) is 0 Å². The third kappa shape index (κ3) is 4.84. The summed E-state index contributed by atoms with van der Waals surface area (Å²) in [5.74, 6) is -0.165. The van der Waals surface area contributed by atoms with E-state index in [2.05, 4.69) is 24.0 Å². The lowest BCUT2D eigenvalue weighted by atomic mass is 10.1. The average molecular weight is 484 g/mol. The van der Waals surface area contributed by atoms with Crippen molar-refractivity contribution in [3.8, 4) is 0 Å². The molecule has 4 rings (SSSR count). The number of rotatable bonds is 5. The molecule has 1 fully saturated rings. The van der Waals surface area contributed by atoms with Crippen LogP contribution >= 0.6 is 11.6 Å². The van der Waals surface area contributed by atoms with E-state index < -0.39 is 10.0 Å². The molecule has 1 heterocycles. The highest BCUT2D eigenvalue weighted by Crippen LogP contribution is 2.26. The first-order chi connectivity index (χ1) is 15.8. The first-order valence-corrected chi connectivity index (χ1v) is 12.5. The first-order valence-electron chi connectivity index (χ1n) is 10.7. The predicted molar refractivity (Wildman–Crippen MR) is 133 cm³/mol. The van der Waals surface area contributed by atoms with Crippen molar-refractivity contribution in [2.24, 2.45) is 0 Å². The Balaban J connectivity index is 1.50. The number of carbonyl (C=O) groups is 1. The third-order valence-corrected chi connectivity index (χ3v) is 7.95. The van der Waals surface area contributed by atoms with Gasteiger partial charge in [-0.1, -0.05) is 41.9 Å².